The highest BCUT2D eigenvalue weighted by molar-refractivity contribution is 5.65. The maximum absolute atomic E-state index is 13.7. The zero-order chi connectivity index (χ0) is 20.8. The van der Waals surface area contributed by atoms with Crippen LogP contribution in [-0.2, 0) is 4.74 Å². The molecule has 0 aliphatic heterocycles. The van der Waals surface area contributed by atoms with E-state index >= 15 is 0 Å². The van der Waals surface area contributed by atoms with Gasteiger partial charge in [-0.05, 0) is 33.1 Å². The van der Waals surface area contributed by atoms with E-state index in [2.05, 4.69) is 20.2 Å². The second kappa shape index (κ2) is 6.87. The predicted octanol–water partition coefficient (Wildman–Crippen LogP) is 2.99. The summed E-state index contributed by atoms with van der Waals surface area (Å²) in [6, 6.07) is 0. The lowest BCUT2D eigenvalue weighted by molar-refractivity contribution is -0.275. The van der Waals surface area contributed by atoms with E-state index in [9.17, 15) is 13.2 Å². The number of nitrogen functional groups attached to an aromatic ring is 1. The van der Waals surface area contributed by atoms with Crippen LogP contribution in [0.5, 0.6) is 5.88 Å². The lowest BCUT2D eigenvalue weighted by Crippen LogP contribution is -2.55. The van der Waals surface area contributed by atoms with Crippen molar-refractivity contribution in [2.75, 3.05) is 12.3 Å². The molecule has 1 saturated carbocycles. The van der Waals surface area contributed by atoms with Crippen molar-refractivity contribution in [1.29, 1.82) is 0 Å². The summed E-state index contributed by atoms with van der Waals surface area (Å²) in [5.41, 5.74) is 4.16. The fraction of sp³-hybridized carbons (Fsp3) is 0.529. The summed E-state index contributed by atoms with van der Waals surface area (Å²) >= 11 is 0. The molecule has 1 aliphatic rings. The van der Waals surface area contributed by atoms with Crippen molar-refractivity contribution in [2.24, 2.45) is 0 Å². The van der Waals surface area contributed by atoms with Crippen LogP contribution in [0.15, 0.2) is 18.6 Å². The molecule has 29 heavy (non-hydrogen) atoms. The van der Waals surface area contributed by atoms with Gasteiger partial charge >= 0.3 is 6.18 Å². The lowest BCUT2D eigenvalue weighted by Gasteiger charge is -2.42. The van der Waals surface area contributed by atoms with Crippen molar-refractivity contribution in [3.8, 4) is 17.1 Å². The Morgan fingerprint density at radius 2 is 2.07 bits per heavy atom. The lowest BCUT2D eigenvalue weighted by atomic mass is 9.79. The molecule has 9 nitrogen and oxygen atoms in total. The number of fused-ring (bicyclic) bond motifs is 1. The largest absolute Gasteiger partial charge is 0.460 e. The Kier molecular flexibility index (Phi) is 4.60. The number of halogens is 3. The summed E-state index contributed by atoms with van der Waals surface area (Å²) in [6.07, 6.45) is -0.270. The van der Waals surface area contributed by atoms with Crippen LogP contribution in [0, 0.1) is 0 Å². The molecule has 2 N–H and O–H groups in total. The molecule has 1 aliphatic carbocycles. The van der Waals surface area contributed by atoms with E-state index in [0.29, 0.717) is 18.6 Å². The number of aromatic nitrogens is 6. The molecule has 0 saturated heterocycles. The van der Waals surface area contributed by atoms with Crippen LogP contribution in [0.1, 0.15) is 39.3 Å². The summed E-state index contributed by atoms with van der Waals surface area (Å²) in [4.78, 5) is 8.24. The molecule has 3 aromatic heterocycles. The minimum Gasteiger partial charge on any atom is -0.460 e. The number of anilines is 1. The number of nitrogens with zero attached hydrogens (tertiary/aromatic N) is 6. The smallest absolute Gasteiger partial charge is 0.428 e. The van der Waals surface area contributed by atoms with Gasteiger partial charge in [0.25, 0.3) is 0 Å². The number of alkyl halides is 3. The van der Waals surface area contributed by atoms with Gasteiger partial charge in [-0.1, -0.05) is 0 Å². The first-order valence-electron chi connectivity index (χ1n) is 9.17. The van der Waals surface area contributed by atoms with Crippen molar-refractivity contribution < 1.29 is 22.6 Å². The second-order valence-corrected chi connectivity index (χ2v) is 6.86. The number of rotatable bonds is 6. The molecule has 0 spiro atoms. The molecular formula is C17H20F3N7O2. The topological polar surface area (TPSA) is 105 Å². The molecule has 4 rings (SSSR count). The SMILES string of the molecule is CCOC(C)n1cc(-c2ncc3nc(N)nn3c2OC2(C(F)(F)F)CCC2)cn1. The van der Waals surface area contributed by atoms with Gasteiger partial charge in [0.1, 0.15) is 11.9 Å². The summed E-state index contributed by atoms with van der Waals surface area (Å²) in [7, 11) is 0. The van der Waals surface area contributed by atoms with Crippen LogP contribution in [0.3, 0.4) is 0 Å². The number of hydrogen-bond donors (Lipinski definition) is 1. The summed E-state index contributed by atoms with van der Waals surface area (Å²) in [5, 5.41) is 8.22. The molecular weight excluding hydrogens is 391 g/mol. The van der Waals surface area contributed by atoms with E-state index in [0.717, 1.165) is 4.52 Å². The first kappa shape index (κ1) is 19.4. The summed E-state index contributed by atoms with van der Waals surface area (Å²) in [5.74, 6) is -0.267. The van der Waals surface area contributed by atoms with Gasteiger partial charge in [-0.2, -0.15) is 27.8 Å². The second-order valence-electron chi connectivity index (χ2n) is 6.86. The maximum Gasteiger partial charge on any atom is 0.428 e. The van der Waals surface area contributed by atoms with Gasteiger partial charge in [0.2, 0.25) is 17.4 Å². The van der Waals surface area contributed by atoms with Crippen LogP contribution >= 0.6 is 0 Å². The van der Waals surface area contributed by atoms with Gasteiger partial charge in [-0.25, -0.2) is 9.67 Å². The normalized spacial score (nSPS) is 17.3. The average Bonchev–Trinajstić information content (AvgIpc) is 3.23. The summed E-state index contributed by atoms with van der Waals surface area (Å²) in [6.45, 7) is 4.15. The molecule has 0 aromatic carbocycles. The molecule has 156 valence electrons. The molecule has 0 radical (unpaired) electrons. The van der Waals surface area contributed by atoms with Gasteiger partial charge in [-0.15, -0.1) is 5.10 Å². The highest BCUT2D eigenvalue weighted by Gasteiger charge is 2.61. The van der Waals surface area contributed by atoms with E-state index in [4.69, 9.17) is 15.2 Å². The van der Waals surface area contributed by atoms with Crippen LogP contribution < -0.4 is 10.5 Å². The molecule has 0 amide bonds. The minimum atomic E-state index is -4.54. The highest BCUT2D eigenvalue weighted by Crippen LogP contribution is 2.49. The van der Waals surface area contributed by atoms with E-state index < -0.39 is 11.8 Å². The van der Waals surface area contributed by atoms with Gasteiger partial charge in [0, 0.05) is 18.4 Å². The molecule has 3 aromatic rings. The Morgan fingerprint density at radius 1 is 1.31 bits per heavy atom. The van der Waals surface area contributed by atoms with E-state index in [1.54, 1.807) is 17.8 Å². The van der Waals surface area contributed by atoms with Gasteiger partial charge < -0.3 is 15.2 Å². The molecule has 1 fully saturated rings. The van der Waals surface area contributed by atoms with Crippen LogP contribution in [0.2, 0.25) is 0 Å². The standard InChI is InChI=1S/C17H20F3N7O2/c1-3-28-10(2)26-9-11(7-23-26)13-14(27-12(8-22-13)24-15(21)25-27)29-16(5-4-6-16)17(18,19)20/h7-10H,3-6H2,1-2H3,(H2,21,25). The zero-order valence-electron chi connectivity index (χ0n) is 15.8. The van der Waals surface area contributed by atoms with Crippen LogP contribution in [-0.4, -0.2) is 47.7 Å². The molecule has 1 atom stereocenters. The Labute approximate surface area is 163 Å². The molecule has 12 heteroatoms. The number of ether oxygens (including phenoxy) is 2. The minimum absolute atomic E-state index is 0.0934. The van der Waals surface area contributed by atoms with Crippen molar-refractivity contribution in [3.63, 3.8) is 0 Å². The zero-order valence-corrected chi connectivity index (χ0v) is 15.8. The Morgan fingerprint density at radius 3 is 2.69 bits per heavy atom. The van der Waals surface area contributed by atoms with Gasteiger partial charge in [0.15, 0.2) is 5.65 Å². The van der Waals surface area contributed by atoms with Crippen molar-refractivity contribution in [3.05, 3.63) is 18.6 Å². The third kappa shape index (κ3) is 3.26. The first-order chi connectivity index (χ1) is 13.7. The Bertz CT molecular complexity index is 1030. The van der Waals surface area contributed by atoms with E-state index in [-0.39, 0.29) is 42.2 Å². The van der Waals surface area contributed by atoms with Crippen molar-refractivity contribution in [1.82, 2.24) is 29.4 Å². The van der Waals surface area contributed by atoms with Gasteiger partial charge in [0.05, 0.1) is 12.4 Å². The quantitative estimate of drug-likeness (QED) is 0.665. The predicted molar refractivity (Wildman–Crippen MR) is 96.0 cm³/mol. The maximum atomic E-state index is 13.7. The van der Waals surface area contributed by atoms with Crippen molar-refractivity contribution >= 4 is 11.6 Å². The third-order valence-electron chi connectivity index (χ3n) is 4.98. The third-order valence-corrected chi connectivity index (χ3v) is 4.98. The Balaban J connectivity index is 1.82. The molecule has 3 heterocycles. The highest BCUT2D eigenvalue weighted by atomic mass is 19.4. The van der Waals surface area contributed by atoms with Crippen LogP contribution in [0.4, 0.5) is 19.1 Å². The number of hydrogen-bond acceptors (Lipinski definition) is 7. The monoisotopic (exact) mass is 411 g/mol. The van der Waals surface area contributed by atoms with Crippen LogP contribution in [0.25, 0.3) is 16.9 Å². The van der Waals surface area contributed by atoms with E-state index in [1.807, 2.05) is 6.92 Å². The fourth-order valence-corrected chi connectivity index (χ4v) is 3.24. The van der Waals surface area contributed by atoms with Crippen molar-refractivity contribution in [2.45, 2.75) is 51.1 Å². The number of nitrogens with two attached hydrogens (primary N) is 1. The van der Waals surface area contributed by atoms with E-state index in [1.165, 1.54) is 12.4 Å². The molecule has 1 unspecified atom stereocenters. The first-order valence-corrected chi connectivity index (χ1v) is 9.17. The average molecular weight is 411 g/mol. The Hall–Kier alpha value is -2.89. The van der Waals surface area contributed by atoms with Gasteiger partial charge in [-0.3, -0.25) is 0 Å². The summed E-state index contributed by atoms with van der Waals surface area (Å²) < 4.78 is 54.9. The molecule has 0 bridgehead atoms. The fourth-order valence-electron chi connectivity index (χ4n) is 3.24.